The van der Waals surface area contributed by atoms with Crippen molar-refractivity contribution in [1.29, 1.82) is 0 Å². The number of aryl methyl sites for hydroxylation is 1. The molecule has 0 bridgehead atoms. The number of hydrogen-bond donors (Lipinski definition) is 2. The molecule has 0 saturated carbocycles. The summed E-state index contributed by atoms with van der Waals surface area (Å²) in [6, 6.07) is 0. The molecule has 0 unspecified atom stereocenters. The molecule has 6 nitrogen and oxygen atoms in total. The second-order valence-electron chi connectivity index (χ2n) is 3.67. The van der Waals surface area contributed by atoms with E-state index in [1.54, 1.807) is 25.8 Å². The van der Waals surface area contributed by atoms with Gasteiger partial charge in [-0.2, -0.15) is 11.8 Å². The van der Waals surface area contributed by atoms with Crippen LogP contribution in [-0.2, 0) is 9.53 Å². The summed E-state index contributed by atoms with van der Waals surface area (Å²) >= 11 is 1.55. The Kier molecular flexibility index (Phi) is 6.45. The molecule has 0 aliphatic heterocycles. The van der Waals surface area contributed by atoms with Crippen LogP contribution in [0.3, 0.4) is 0 Å². The van der Waals surface area contributed by atoms with Crippen molar-refractivity contribution in [2.24, 2.45) is 0 Å². The number of nitrogens with two attached hydrogens (primary N) is 1. The lowest BCUT2D eigenvalue weighted by molar-refractivity contribution is -0.113. The highest BCUT2D eigenvalue weighted by molar-refractivity contribution is 7.99. The molecule has 3 N–H and O–H groups in total. The Bertz CT molecular complexity index is 401. The molecule has 7 heteroatoms. The van der Waals surface area contributed by atoms with E-state index in [0.29, 0.717) is 29.6 Å². The second-order valence-corrected chi connectivity index (χ2v) is 4.77. The van der Waals surface area contributed by atoms with Crippen molar-refractivity contribution in [1.82, 2.24) is 9.97 Å². The van der Waals surface area contributed by atoms with Crippen LogP contribution in [0.25, 0.3) is 0 Å². The Hall–Kier alpha value is -1.34. The molecule has 0 fully saturated rings. The van der Waals surface area contributed by atoms with Gasteiger partial charge in [-0.15, -0.1) is 0 Å². The number of nitrogen functional groups attached to an aromatic ring is 1. The monoisotopic (exact) mass is 270 g/mol. The lowest BCUT2D eigenvalue weighted by atomic mass is 10.3. The zero-order chi connectivity index (χ0) is 13.4. The molecule has 0 aliphatic carbocycles. The third kappa shape index (κ3) is 4.89. The highest BCUT2D eigenvalue weighted by Gasteiger charge is 2.08. The van der Waals surface area contributed by atoms with Crippen LogP contribution in [0, 0.1) is 6.92 Å². The Labute approximate surface area is 111 Å². The number of amides is 1. The molecule has 18 heavy (non-hydrogen) atoms. The summed E-state index contributed by atoms with van der Waals surface area (Å²) in [6.07, 6.45) is 2.32. The average molecular weight is 270 g/mol. The van der Waals surface area contributed by atoms with Crippen LogP contribution in [-0.4, -0.2) is 41.1 Å². The molecule has 0 aliphatic rings. The van der Waals surface area contributed by atoms with E-state index >= 15 is 0 Å². The van der Waals surface area contributed by atoms with E-state index in [4.69, 9.17) is 10.5 Å². The molecule has 1 aromatic rings. The topological polar surface area (TPSA) is 90.1 Å². The third-order valence-electron chi connectivity index (χ3n) is 2.21. The van der Waals surface area contributed by atoms with E-state index in [-0.39, 0.29) is 5.91 Å². The van der Waals surface area contributed by atoms with Gasteiger partial charge in [-0.3, -0.25) is 4.79 Å². The van der Waals surface area contributed by atoms with Gasteiger partial charge in [-0.1, -0.05) is 0 Å². The molecule has 0 radical (unpaired) electrons. The van der Waals surface area contributed by atoms with Crippen molar-refractivity contribution in [3.8, 4) is 0 Å². The zero-order valence-electron chi connectivity index (χ0n) is 10.6. The minimum Gasteiger partial charge on any atom is -0.394 e. The second kappa shape index (κ2) is 7.88. The Morgan fingerprint density at radius 3 is 3.06 bits per heavy atom. The quantitative estimate of drug-likeness (QED) is 0.720. The molecule has 1 rings (SSSR count). The van der Waals surface area contributed by atoms with Crippen molar-refractivity contribution >= 4 is 29.2 Å². The normalized spacial score (nSPS) is 10.3. The summed E-state index contributed by atoms with van der Waals surface area (Å²) in [7, 11) is 1.66. The van der Waals surface area contributed by atoms with Crippen molar-refractivity contribution in [2.45, 2.75) is 13.3 Å². The Balaban J connectivity index is 2.34. The van der Waals surface area contributed by atoms with E-state index in [9.17, 15) is 4.79 Å². The zero-order valence-corrected chi connectivity index (χ0v) is 11.4. The van der Waals surface area contributed by atoms with Gasteiger partial charge in [-0.25, -0.2) is 9.97 Å². The number of thioether (sulfide) groups is 1. The number of methoxy groups -OCH3 is 1. The van der Waals surface area contributed by atoms with Gasteiger partial charge in [0, 0.05) is 13.7 Å². The fraction of sp³-hybridized carbons (Fsp3) is 0.545. The van der Waals surface area contributed by atoms with E-state index in [1.165, 1.54) is 6.33 Å². The van der Waals surface area contributed by atoms with Gasteiger partial charge >= 0.3 is 0 Å². The van der Waals surface area contributed by atoms with Crippen LogP contribution in [0.15, 0.2) is 6.33 Å². The summed E-state index contributed by atoms with van der Waals surface area (Å²) in [5.41, 5.74) is 6.83. The molecule has 0 atom stereocenters. The highest BCUT2D eigenvalue weighted by Crippen LogP contribution is 2.16. The third-order valence-corrected chi connectivity index (χ3v) is 3.25. The Morgan fingerprint density at radius 1 is 1.56 bits per heavy atom. The molecule has 1 aromatic heterocycles. The molecule has 1 amide bonds. The summed E-state index contributed by atoms with van der Waals surface area (Å²) in [4.78, 5) is 19.5. The fourth-order valence-electron chi connectivity index (χ4n) is 1.22. The van der Waals surface area contributed by atoms with Gasteiger partial charge < -0.3 is 15.8 Å². The van der Waals surface area contributed by atoms with Crippen LogP contribution < -0.4 is 11.1 Å². The van der Waals surface area contributed by atoms with Crippen molar-refractivity contribution in [3.05, 3.63) is 12.0 Å². The number of anilines is 2. The van der Waals surface area contributed by atoms with Crippen LogP contribution in [0.5, 0.6) is 0 Å². The minimum atomic E-state index is -0.109. The maximum absolute atomic E-state index is 11.6. The first kappa shape index (κ1) is 14.7. The number of aromatic nitrogens is 2. The van der Waals surface area contributed by atoms with Crippen LogP contribution in [0.2, 0.25) is 0 Å². The van der Waals surface area contributed by atoms with Gasteiger partial charge in [0.15, 0.2) is 5.82 Å². The minimum absolute atomic E-state index is 0.109. The van der Waals surface area contributed by atoms with Crippen molar-refractivity contribution < 1.29 is 9.53 Å². The standard InChI is InChI=1S/C11H18N4O2S/c1-8-10(12)11(14-7-13-8)15-9(16)6-18-5-3-4-17-2/h7H,3-6,12H2,1-2H3,(H,13,14,15,16). The number of nitrogens with one attached hydrogen (secondary N) is 1. The molecule has 1 heterocycles. The molecule has 0 spiro atoms. The van der Waals surface area contributed by atoms with Gasteiger partial charge in [0.1, 0.15) is 6.33 Å². The predicted octanol–water partition coefficient (Wildman–Crippen LogP) is 1.08. The molecular weight excluding hydrogens is 252 g/mol. The average Bonchev–Trinajstić information content (AvgIpc) is 2.35. The molecule has 0 saturated heterocycles. The fourth-order valence-corrected chi connectivity index (χ4v) is 1.95. The number of carbonyl (C=O) groups is 1. The molecule has 100 valence electrons. The van der Waals surface area contributed by atoms with Gasteiger partial charge in [0.2, 0.25) is 5.91 Å². The van der Waals surface area contributed by atoms with E-state index in [2.05, 4.69) is 15.3 Å². The molecule has 0 aromatic carbocycles. The number of carbonyl (C=O) groups excluding carboxylic acids is 1. The van der Waals surface area contributed by atoms with E-state index in [0.717, 1.165) is 12.2 Å². The van der Waals surface area contributed by atoms with Gasteiger partial charge in [0.25, 0.3) is 0 Å². The predicted molar refractivity (Wildman–Crippen MR) is 73.6 cm³/mol. The highest BCUT2D eigenvalue weighted by atomic mass is 32.2. The van der Waals surface area contributed by atoms with Gasteiger partial charge in [0.05, 0.1) is 17.1 Å². The molecular formula is C11H18N4O2S. The maximum Gasteiger partial charge on any atom is 0.235 e. The number of nitrogens with zero attached hydrogens (tertiary/aromatic N) is 2. The summed E-state index contributed by atoms with van der Waals surface area (Å²) < 4.78 is 4.93. The number of hydrogen-bond acceptors (Lipinski definition) is 6. The lowest BCUT2D eigenvalue weighted by Crippen LogP contribution is -2.17. The summed E-state index contributed by atoms with van der Waals surface area (Å²) in [5, 5.41) is 2.67. The summed E-state index contributed by atoms with van der Waals surface area (Å²) in [6.45, 7) is 2.48. The van der Waals surface area contributed by atoms with Crippen molar-refractivity contribution in [3.63, 3.8) is 0 Å². The van der Waals surface area contributed by atoms with E-state index in [1.807, 2.05) is 0 Å². The first-order chi connectivity index (χ1) is 8.65. The SMILES string of the molecule is COCCCSCC(=O)Nc1ncnc(C)c1N. The Morgan fingerprint density at radius 2 is 2.33 bits per heavy atom. The van der Waals surface area contributed by atoms with Gasteiger partial charge in [-0.05, 0) is 19.1 Å². The first-order valence-corrected chi connectivity index (χ1v) is 6.74. The van der Waals surface area contributed by atoms with Crippen LogP contribution >= 0.6 is 11.8 Å². The smallest absolute Gasteiger partial charge is 0.235 e. The van der Waals surface area contributed by atoms with Crippen LogP contribution in [0.1, 0.15) is 12.1 Å². The number of rotatable bonds is 7. The maximum atomic E-state index is 11.6. The van der Waals surface area contributed by atoms with Crippen molar-refractivity contribution in [2.75, 3.05) is 36.3 Å². The van der Waals surface area contributed by atoms with Crippen LogP contribution in [0.4, 0.5) is 11.5 Å². The lowest BCUT2D eigenvalue weighted by Gasteiger charge is -2.07. The first-order valence-electron chi connectivity index (χ1n) is 5.58. The number of ether oxygens (including phenoxy) is 1. The largest absolute Gasteiger partial charge is 0.394 e. The van der Waals surface area contributed by atoms with E-state index < -0.39 is 0 Å². The summed E-state index contributed by atoms with van der Waals surface area (Å²) in [5.74, 6) is 1.54.